The number of hydrogen-bond donors (Lipinski definition) is 2. The third kappa shape index (κ3) is 5.53. The van der Waals surface area contributed by atoms with Crippen LogP contribution in [-0.4, -0.2) is 44.0 Å². The highest BCUT2D eigenvalue weighted by molar-refractivity contribution is 7.18. The van der Waals surface area contributed by atoms with Gasteiger partial charge in [0.05, 0.1) is 21.5 Å². The van der Waals surface area contributed by atoms with Crippen molar-refractivity contribution in [1.29, 1.82) is 0 Å². The van der Waals surface area contributed by atoms with Crippen LogP contribution in [0.3, 0.4) is 0 Å². The lowest BCUT2D eigenvalue weighted by Crippen LogP contribution is -2.42. The molecule has 1 aliphatic heterocycles. The number of carbonyl (C=O) groups is 3. The Kier molecular flexibility index (Phi) is 7.35. The van der Waals surface area contributed by atoms with E-state index in [0.29, 0.717) is 9.21 Å². The highest BCUT2D eigenvalue weighted by atomic mass is 35.5. The molecule has 160 valence electrons. The number of nitrogens with one attached hydrogen (secondary N) is 2. The standard InChI is InChI=1S/C19H18ClF2N3O4S/c20-15-4-3-14(30-15)19(28)23-6-5-16(26)24-11-1-2-13(12(9-11)18(21)22)25-7-8-29-10-17(25)27/h1-4,9,18H,5-8,10H2,(H,23,28)(H,24,26). The summed E-state index contributed by atoms with van der Waals surface area (Å²) in [4.78, 5) is 37.7. The fraction of sp³-hybridized carbons (Fsp3) is 0.316. The van der Waals surface area contributed by atoms with Gasteiger partial charge >= 0.3 is 0 Å². The Hall–Kier alpha value is -2.56. The van der Waals surface area contributed by atoms with E-state index in [1.165, 1.54) is 17.0 Å². The largest absolute Gasteiger partial charge is 0.370 e. The summed E-state index contributed by atoms with van der Waals surface area (Å²) in [7, 11) is 0. The molecule has 1 saturated heterocycles. The van der Waals surface area contributed by atoms with Crippen molar-refractivity contribution in [1.82, 2.24) is 5.32 Å². The Balaban J connectivity index is 1.59. The van der Waals surface area contributed by atoms with Crippen LogP contribution in [0.25, 0.3) is 0 Å². The normalized spacial score (nSPS) is 14.1. The molecular weight excluding hydrogens is 440 g/mol. The van der Waals surface area contributed by atoms with Gasteiger partial charge in [-0.15, -0.1) is 11.3 Å². The third-order valence-electron chi connectivity index (χ3n) is 4.26. The van der Waals surface area contributed by atoms with Crippen LogP contribution in [0.2, 0.25) is 4.34 Å². The van der Waals surface area contributed by atoms with Crippen molar-refractivity contribution < 1.29 is 27.9 Å². The first-order valence-electron chi connectivity index (χ1n) is 8.98. The number of rotatable bonds is 7. The van der Waals surface area contributed by atoms with E-state index < -0.39 is 18.2 Å². The van der Waals surface area contributed by atoms with Crippen molar-refractivity contribution >= 4 is 52.0 Å². The lowest BCUT2D eigenvalue weighted by Gasteiger charge is -2.28. The molecule has 0 spiro atoms. The molecule has 0 aliphatic carbocycles. The molecule has 11 heteroatoms. The van der Waals surface area contributed by atoms with E-state index in [4.69, 9.17) is 16.3 Å². The Labute approximate surface area is 179 Å². The van der Waals surface area contributed by atoms with Gasteiger partial charge in [0.25, 0.3) is 18.2 Å². The number of thiophene rings is 1. The smallest absolute Gasteiger partial charge is 0.265 e. The summed E-state index contributed by atoms with van der Waals surface area (Å²) in [6.07, 6.45) is -2.87. The van der Waals surface area contributed by atoms with Gasteiger partial charge < -0.3 is 20.3 Å². The van der Waals surface area contributed by atoms with Crippen molar-refractivity contribution in [3.8, 4) is 0 Å². The van der Waals surface area contributed by atoms with Gasteiger partial charge in [0.2, 0.25) is 5.91 Å². The molecule has 2 aromatic rings. The molecule has 1 aliphatic rings. The number of alkyl halides is 2. The number of ether oxygens (including phenoxy) is 1. The van der Waals surface area contributed by atoms with Crippen LogP contribution in [0.4, 0.5) is 20.2 Å². The second-order valence-electron chi connectivity index (χ2n) is 6.33. The van der Waals surface area contributed by atoms with Crippen LogP contribution in [0.15, 0.2) is 30.3 Å². The topological polar surface area (TPSA) is 87.7 Å². The first kappa shape index (κ1) is 22.1. The molecule has 1 aromatic heterocycles. The Bertz CT molecular complexity index is 954. The second-order valence-corrected chi connectivity index (χ2v) is 8.05. The van der Waals surface area contributed by atoms with Crippen LogP contribution in [-0.2, 0) is 14.3 Å². The lowest BCUT2D eigenvalue weighted by molar-refractivity contribution is -0.125. The van der Waals surface area contributed by atoms with Gasteiger partial charge in [0.15, 0.2) is 0 Å². The predicted molar refractivity (Wildman–Crippen MR) is 109 cm³/mol. The molecule has 3 rings (SSSR count). The van der Waals surface area contributed by atoms with E-state index >= 15 is 0 Å². The highest BCUT2D eigenvalue weighted by Crippen LogP contribution is 2.33. The summed E-state index contributed by atoms with van der Waals surface area (Å²) in [6.45, 7) is 0.350. The minimum Gasteiger partial charge on any atom is -0.370 e. The molecule has 7 nitrogen and oxygen atoms in total. The minimum atomic E-state index is -2.83. The van der Waals surface area contributed by atoms with Crippen molar-refractivity contribution in [3.63, 3.8) is 0 Å². The number of morpholine rings is 1. The van der Waals surface area contributed by atoms with Crippen LogP contribution < -0.4 is 15.5 Å². The molecule has 3 amide bonds. The second kappa shape index (κ2) is 9.96. The summed E-state index contributed by atoms with van der Waals surface area (Å²) >= 11 is 6.90. The van der Waals surface area contributed by atoms with E-state index in [1.54, 1.807) is 12.1 Å². The molecule has 0 saturated carbocycles. The molecule has 2 heterocycles. The maximum absolute atomic E-state index is 13.5. The lowest BCUT2D eigenvalue weighted by atomic mass is 10.1. The SMILES string of the molecule is O=C(CCNC(=O)c1ccc(Cl)s1)Nc1ccc(N2CCOCC2=O)c(C(F)F)c1. The molecule has 0 radical (unpaired) electrons. The zero-order chi connectivity index (χ0) is 21.7. The molecule has 2 N–H and O–H groups in total. The monoisotopic (exact) mass is 457 g/mol. The van der Waals surface area contributed by atoms with E-state index in [0.717, 1.165) is 17.4 Å². The number of carbonyl (C=O) groups excluding carboxylic acids is 3. The van der Waals surface area contributed by atoms with Gasteiger partial charge in [-0.1, -0.05) is 11.6 Å². The predicted octanol–water partition coefficient (Wildman–Crippen LogP) is 3.46. The molecule has 0 bridgehead atoms. The van der Waals surface area contributed by atoms with E-state index in [9.17, 15) is 23.2 Å². The first-order chi connectivity index (χ1) is 14.3. The van der Waals surface area contributed by atoms with Gasteiger partial charge in [-0.2, -0.15) is 0 Å². The molecule has 0 atom stereocenters. The van der Waals surface area contributed by atoms with E-state index in [-0.39, 0.29) is 55.6 Å². The van der Waals surface area contributed by atoms with Gasteiger partial charge in [0.1, 0.15) is 6.61 Å². The fourth-order valence-corrected chi connectivity index (χ4v) is 3.82. The fourth-order valence-electron chi connectivity index (χ4n) is 2.86. The van der Waals surface area contributed by atoms with Gasteiger partial charge in [0, 0.05) is 30.8 Å². The van der Waals surface area contributed by atoms with Crippen LogP contribution in [0.5, 0.6) is 0 Å². The number of hydrogen-bond acceptors (Lipinski definition) is 5. The van der Waals surface area contributed by atoms with Crippen LogP contribution in [0.1, 0.15) is 28.1 Å². The number of benzene rings is 1. The summed E-state index contributed by atoms with van der Waals surface area (Å²) in [5.41, 5.74) is -0.0831. The van der Waals surface area contributed by atoms with Crippen molar-refractivity contribution in [2.45, 2.75) is 12.8 Å². The summed E-state index contributed by atoms with van der Waals surface area (Å²) in [5, 5.41) is 5.12. The number of anilines is 2. The zero-order valence-corrected chi connectivity index (χ0v) is 17.2. The van der Waals surface area contributed by atoms with Crippen molar-refractivity contribution in [2.24, 2.45) is 0 Å². The first-order valence-corrected chi connectivity index (χ1v) is 10.2. The average Bonchev–Trinajstić information content (AvgIpc) is 3.15. The number of nitrogens with zero attached hydrogens (tertiary/aromatic N) is 1. The molecule has 1 aromatic carbocycles. The molecular formula is C19H18ClF2N3O4S. The van der Waals surface area contributed by atoms with Gasteiger partial charge in [-0.05, 0) is 30.3 Å². The van der Waals surface area contributed by atoms with Crippen molar-refractivity contribution in [3.05, 3.63) is 45.1 Å². The van der Waals surface area contributed by atoms with Gasteiger partial charge in [-0.3, -0.25) is 14.4 Å². The highest BCUT2D eigenvalue weighted by Gasteiger charge is 2.25. The average molecular weight is 458 g/mol. The maximum Gasteiger partial charge on any atom is 0.265 e. The summed E-state index contributed by atoms with van der Waals surface area (Å²) < 4.78 is 32.6. The van der Waals surface area contributed by atoms with Gasteiger partial charge in [-0.25, -0.2) is 8.78 Å². The third-order valence-corrected chi connectivity index (χ3v) is 5.49. The van der Waals surface area contributed by atoms with E-state index in [2.05, 4.69) is 10.6 Å². The summed E-state index contributed by atoms with van der Waals surface area (Å²) in [5.74, 6) is -1.20. The Morgan fingerprint density at radius 2 is 2.07 bits per heavy atom. The molecule has 0 unspecified atom stereocenters. The zero-order valence-electron chi connectivity index (χ0n) is 15.6. The quantitative estimate of drug-likeness (QED) is 0.666. The van der Waals surface area contributed by atoms with Crippen molar-refractivity contribution in [2.75, 3.05) is 36.5 Å². The number of amides is 3. The molecule has 30 heavy (non-hydrogen) atoms. The van der Waals surface area contributed by atoms with Crippen LogP contribution >= 0.6 is 22.9 Å². The Morgan fingerprint density at radius 1 is 1.27 bits per heavy atom. The molecule has 1 fully saturated rings. The van der Waals surface area contributed by atoms with Crippen LogP contribution in [0, 0.1) is 0 Å². The summed E-state index contributed by atoms with van der Waals surface area (Å²) in [6, 6.07) is 7.15. The number of halogens is 3. The minimum absolute atomic E-state index is 0.0431. The Morgan fingerprint density at radius 3 is 2.73 bits per heavy atom. The van der Waals surface area contributed by atoms with E-state index in [1.807, 2.05) is 0 Å². The maximum atomic E-state index is 13.5.